The van der Waals surface area contributed by atoms with Gasteiger partial charge in [0.2, 0.25) is 0 Å². The minimum absolute atomic E-state index is 0.182. The lowest BCUT2D eigenvalue weighted by Crippen LogP contribution is -2.42. The number of thiazole rings is 1. The zero-order valence-corrected chi connectivity index (χ0v) is 10.4. The average Bonchev–Trinajstić information content (AvgIpc) is 2.64. The molecule has 1 aliphatic rings. The zero-order chi connectivity index (χ0) is 10.7. The van der Waals surface area contributed by atoms with Crippen LogP contribution in [0, 0.1) is 6.92 Å². The molecule has 0 bridgehead atoms. The molecule has 0 aromatic carbocycles. The molecule has 0 spiro atoms. The Labute approximate surface area is 99.0 Å². The number of rotatable bonds is 3. The van der Waals surface area contributed by atoms with Gasteiger partial charge < -0.3 is 4.74 Å². The van der Waals surface area contributed by atoms with Gasteiger partial charge in [0.05, 0.1) is 19.3 Å². The molecule has 1 unspecified atom stereocenters. The van der Waals surface area contributed by atoms with Crippen molar-refractivity contribution in [2.45, 2.75) is 19.6 Å². The number of hydrogen-bond acceptors (Lipinski definition) is 4. The minimum Gasteiger partial charge on any atom is -0.374 e. The molecule has 3 nitrogen and oxygen atoms in total. The normalized spacial score (nSPS) is 23.2. The molecular weight excluding hydrogens is 232 g/mol. The van der Waals surface area contributed by atoms with Crippen LogP contribution in [0.5, 0.6) is 0 Å². The van der Waals surface area contributed by atoms with Crippen molar-refractivity contribution in [1.82, 2.24) is 9.88 Å². The first-order chi connectivity index (χ1) is 7.28. The molecule has 1 saturated heterocycles. The summed E-state index contributed by atoms with van der Waals surface area (Å²) in [7, 11) is 0. The predicted molar refractivity (Wildman–Crippen MR) is 62.6 cm³/mol. The van der Waals surface area contributed by atoms with E-state index >= 15 is 0 Å². The Morgan fingerprint density at radius 3 is 3.27 bits per heavy atom. The van der Waals surface area contributed by atoms with E-state index in [0.717, 1.165) is 31.9 Å². The van der Waals surface area contributed by atoms with Crippen molar-refractivity contribution in [3.8, 4) is 0 Å². The lowest BCUT2D eigenvalue weighted by molar-refractivity contribution is -0.0194. The molecule has 1 aromatic heterocycles. The van der Waals surface area contributed by atoms with E-state index in [-0.39, 0.29) is 6.10 Å². The van der Waals surface area contributed by atoms with Crippen molar-refractivity contribution in [2.24, 2.45) is 0 Å². The molecular formula is C10H15ClN2OS. The largest absolute Gasteiger partial charge is 0.374 e. The quantitative estimate of drug-likeness (QED) is 0.762. The summed E-state index contributed by atoms with van der Waals surface area (Å²) in [4.78, 5) is 6.81. The average molecular weight is 247 g/mol. The minimum atomic E-state index is 0.182. The Balaban J connectivity index is 1.88. The van der Waals surface area contributed by atoms with Crippen LogP contribution in [0.15, 0.2) is 5.38 Å². The van der Waals surface area contributed by atoms with Gasteiger partial charge in [-0.15, -0.1) is 22.9 Å². The lowest BCUT2D eigenvalue weighted by atomic mass is 10.3. The summed E-state index contributed by atoms with van der Waals surface area (Å²) < 4.78 is 5.51. The number of aryl methyl sites for hydroxylation is 1. The lowest BCUT2D eigenvalue weighted by Gasteiger charge is -2.31. The van der Waals surface area contributed by atoms with Crippen LogP contribution in [0.1, 0.15) is 10.7 Å². The number of halogens is 1. The highest BCUT2D eigenvalue weighted by atomic mass is 35.5. The summed E-state index contributed by atoms with van der Waals surface area (Å²) in [5, 5.41) is 3.28. The third kappa shape index (κ3) is 3.14. The van der Waals surface area contributed by atoms with E-state index in [4.69, 9.17) is 16.3 Å². The van der Waals surface area contributed by atoms with E-state index in [1.807, 2.05) is 6.92 Å². The highest BCUT2D eigenvalue weighted by Gasteiger charge is 2.20. The summed E-state index contributed by atoms with van der Waals surface area (Å²) in [5.74, 6) is 0.577. The van der Waals surface area contributed by atoms with Gasteiger partial charge in [-0.1, -0.05) is 0 Å². The maximum Gasteiger partial charge on any atom is 0.107 e. The zero-order valence-electron chi connectivity index (χ0n) is 8.78. The third-order valence-electron chi connectivity index (χ3n) is 2.42. The van der Waals surface area contributed by atoms with Crippen molar-refractivity contribution in [2.75, 3.05) is 25.6 Å². The van der Waals surface area contributed by atoms with Gasteiger partial charge >= 0.3 is 0 Å². The van der Waals surface area contributed by atoms with Crippen LogP contribution < -0.4 is 0 Å². The second kappa shape index (κ2) is 5.25. The molecule has 0 N–H and O–H groups in total. The molecule has 2 rings (SSSR count). The first-order valence-electron chi connectivity index (χ1n) is 5.09. The molecule has 0 aliphatic carbocycles. The van der Waals surface area contributed by atoms with Crippen molar-refractivity contribution in [3.63, 3.8) is 0 Å². The van der Waals surface area contributed by atoms with Crippen LogP contribution >= 0.6 is 22.9 Å². The van der Waals surface area contributed by atoms with Crippen molar-refractivity contribution < 1.29 is 4.74 Å². The van der Waals surface area contributed by atoms with Crippen LogP contribution in [0.4, 0.5) is 0 Å². The molecule has 1 fully saturated rings. The number of morpholine rings is 1. The first kappa shape index (κ1) is 11.3. The molecule has 1 aromatic rings. The van der Waals surface area contributed by atoms with Crippen LogP contribution in [-0.4, -0.2) is 41.6 Å². The number of alkyl halides is 1. The van der Waals surface area contributed by atoms with Gasteiger partial charge in [0, 0.05) is 30.0 Å². The second-order valence-electron chi connectivity index (χ2n) is 3.76. The fourth-order valence-corrected chi connectivity index (χ4v) is 2.68. The van der Waals surface area contributed by atoms with Gasteiger partial charge in [-0.2, -0.15) is 0 Å². The summed E-state index contributed by atoms with van der Waals surface area (Å²) in [5.41, 5.74) is 1.11. The SMILES string of the molecule is Cc1csc(CN2CCOC(CCl)C2)n1. The summed E-state index contributed by atoms with van der Waals surface area (Å²) in [6.07, 6.45) is 0.182. The Bertz CT molecular complexity index is 318. The predicted octanol–water partition coefficient (Wildman–Crippen LogP) is 1.89. The monoisotopic (exact) mass is 246 g/mol. The van der Waals surface area contributed by atoms with Crippen LogP contribution in [0.2, 0.25) is 0 Å². The van der Waals surface area contributed by atoms with Crippen LogP contribution in [0.25, 0.3) is 0 Å². The molecule has 0 radical (unpaired) electrons. The van der Waals surface area contributed by atoms with Crippen LogP contribution in [-0.2, 0) is 11.3 Å². The van der Waals surface area contributed by atoms with Gasteiger partial charge in [0.25, 0.3) is 0 Å². The molecule has 1 atom stereocenters. The molecule has 1 aliphatic heterocycles. The standard InChI is InChI=1S/C10H15ClN2OS/c1-8-7-15-10(12-8)6-13-2-3-14-9(4-11)5-13/h7,9H,2-6H2,1H3. The first-order valence-corrected chi connectivity index (χ1v) is 6.50. The second-order valence-corrected chi connectivity index (χ2v) is 5.02. The van der Waals surface area contributed by atoms with E-state index in [1.165, 1.54) is 5.01 Å². The highest BCUT2D eigenvalue weighted by molar-refractivity contribution is 7.09. The fourth-order valence-electron chi connectivity index (χ4n) is 1.68. The highest BCUT2D eigenvalue weighted by Crippen LogP contribution is 2.14. The Morgan fingerprint density at radius 2 is 2.60 bits per heavy atom. The van der Waals surface area contributed by atoms with E-state index < -0.39 is 0 Å². The van der Waals surface area contributed by atoms with Gasteiger partial charge in [0.1, 0.15) is 5.01 Å². The summed E-state index contributed by atoms with van der Waals surface area (Å²) in [6, 6.07) is 0. The van der Waals surface area contributed by atoms with Crippen molar-refractivity contribution in [3.05, 3.63) is 16.1 Å². The number of ether oxygens (including phenoxy) is 1. The van der Waals surface area contributed by atoms with Gasteiger partial charge in [-0.25, -0.2) is 4.98 Å². The van der Waals surface area contributed by atoms with E-state index in [9.17, 15) is 0 Å². The summed E-state index contributed by atoms with van der Waals surface area (Å²) >= 11 is 7.51. The van der Waals surface area contributed by atoms with Gasteiger partial charge in [0.15, 0.2) is 0 Å². The number of aromatic nitrogens is 1. The molecule has 0 saturated carbocycles. The maximum atomic E-state index is 5.79. The van der Waals surface area contributed by atoms with E-state index in [2.05, 4.69) is 15.3 Å². The molecule has 5 heteroatoms. The summed E-state index contributed by atoms with van der Waals surface area (Å²) in [6.45, 7) is 5.63. The number of nitrogens with zero attached hydrogens (tertiary/aromatic N) is 2. The topological polar surface area (TPSA) is 25.4 Å². The van der Waals surface area contributed by atoms with E-state index in [0.29, 0.717) is 5.88 Å². The van der Waals surface area contributed by atoms with Crippen LogP contribution in [0.3, 0.4) is 0 Å². The molecule has 15 heavy (non-hydrogen) atoms. The fraction of sp³-hybridized carbons (Fsp3) is 0.700. The van der Waals surface area contributed by atoms with Crippen molar-refractivity contribution >= 4 is 22.9 Å². The molecule has 84 valence electrons. The molecule has 2 heterocycles. The van der Waals surface area contributed by atoms with Crippen molar-refractivity contribution in [1.29, 1.82) is 0 Å². The smallest absolute Gasteiger partial charge is 0.107 e. The number of hydrogen-bond donors (Lipinski definition) is 0. The maximum absolute atomic E-state index is 5.79. The molecule has 0 amide bonds. The van der Waals surface area contributed by atoms with Gasteiger partial charge in [-0.3, -0.25) is 4.90 Å². The van der Waals surface area contributed by atoms with Gasteiger partial charge in [-0.05, 0) is 6.92 Å². The Hall–Kier alpha value is -0.160. The Kier molecular flexibility index (Phi) is 3.97. The van der Waals surface area contributed by atoms with E-state index in [1.54, 1.807) is 11.3 Å². The Morgan fingerprint density at radius 1 is 1.73 bits per heavy atom. The third-order valence-corrected chi connectivity index (χ3v) is 3.72.